The van der Waals surface area contributed by atoms with Gasteiger partial charge >= 0.3 is 6.18 Å². The number of amides is 1. The van der Waals surface area contributed by atoms with Crippen molar-refractivity contribution in [2.45, 2.75) is 44.4 Å². The lowest BCUT2D eigenvalue weighted by Gasteiger charge is -2.40. The number of thiazole rings is 1. The fourth-order valence-electron chi connectivity index (χ4n) is 6.13. The average molecular weight is 653 g/mol. The summed E-state index contributed by atoms with van der Waals surface area (Å²) in [7, 11) is 1.65. The summed E-state index contributed by atoms with van der Waals surface area (Å²) in [6.07, 6.45) is 0.233. The number of ether oxygens (including phenoxy) is 1. The molecule has 1 saturated heterocycles. The number of piperazine rings is 1. The molecule has 3 heterocycles. The van der Waals surface area contributed by atoms with Gasteiger partial charge in [-0.1, -0.05) is 12.1 Å². The summed E-state index contributed by atoms with van der Waals surface area (Å²) in [5.74, 6) is 0.668. The predicted molar refractivity (Wildman–Crippen MR) is 170 cm³/mol. The number of hydrogen-bond acceptors (Lipinski definition) is 9. The molecule has 2 aromatic carbocycles. The number of alkyl halides is 3. The Bertz CT molecular complexity index is 1700. The maximum atomic E-state index is 13.4. The van der Waals surface area contributed by atoms with Crippen molar-refractivity contribution < 1.29 is 27.8 Å². The Kier molecular flexibility index (Phi) is 8.88. The zero-order valence-electron chi connectivity index (χ0n) is 25.5. The van der Waals surface area contributed by atoms with Crippen molar-refractivity contribution >= 4 is 34.6 Å². The first-order valence-corrected chi connectivity index (χ1v) is 16.0. The van der Waals surface area contributed by atoms with Gasteiger partial charge < -0.3 is 25.0 Å². The number of carbonyl (C=O) groups is 1. The molecule has 1 amide bonds. The molecular formula is C33H35F3N6O3S. The number of aromatic nitrogens is 3. The maximum absolute atomic E-state index is 13.4. The second-order valence-corrected chi connectivity index (χ2v) is 12.9. The van der Waals surface area contributed by atoms with Crippen LogP contribution in [0.3, 0.4) is 0 Å². The molecule has 4 aromatic rings. The van der Waals surface area contributed by atoms with E-state index in [-0.39, 0.29) is 17.8 Å². The SMILES string of the molecule is COc1cccc(N2CCN(C(=O)C3CCC(O)(c4ncc(-c5cc(C)cc(Nc6nccc(C(F)(F)F)n6)c5)s4)CC3)CC2)c1. The molecule has 2 N–H and O–H groups in total. The first-order valence-electron chi connectivity index (χ1n) is 15.2. The van der Waals surface area contributed by atoms with Crippen molar-refractivity contribution in [3.8, 4) is 16.2 Å². The molecule has 2 fully saturated rings. The fraction of sp³-hybridized carbons (Fsp3) is 0.394. The average Bonchev–Trinajstić information content (AvgIpc) is 3.56. The highest BCUT2D eigenvalue weighted by Crippen LogP contribution is 2.43. The Morgan fingerprint density at radius 3 is 2.54 bits per heavy atom. The lowest BCUT2D eigenvalue weighted by molar-refractivity contribution is -0.141. The Hall–Kier alpha value is -4.23. The molecule has 2 aromatic heterocycles. The second kappa shape index (κ2) is 12.9. The number of hydrogen-bond donors (Lipinski definition) is 2. The molecule has 6 rings (SSSR count). The molecule has 1 saturated carbocycles. The fourth-order valence-corrected chi connectivity index (χ4v) is 7.18. The van der Waals surface area contributed by atoms with Crippen LogP contribution in [0.2, 0.25) is 0 Å². The Morgan fingerprint density at radius 2 is 1.83 bits per heavy atom. The van der Waals surface area contributed by atoms with Crippen LogP contribution in [-0.2, 0) is 16.6 Å². The molecule has 1 aliphatic carbocycles. The van der Waals surface area contributed by atoms with E-state index in [0.29, 0.717) is 49.5 Å². The zero-order valence-corrected chi connectivity index (χ0v) is 26.4. The summed E-state index contributed by atoms with van der Waals surface area (Å²) < 4.78 is 44.7. The van der Waals surface area contributed by atoms with E-state index in [1.165, 1.54) is 11.3 Å². The third kappa shape index (κ3) is 6.95. The van der Waals surface area contributed by atoms with Gasteiger partial charge in [-0.05, 0) is 74.1 Å². The molecule has 0 unspecified atom stereocenters. The predicted octanol–water partition coefficient (Wildman–Crippen LogP) is 6.41. The summed E-state index contributed by atoms with van der Waals surface area (Å²) in [6, 6.07) is 14.3. The van der Waals surface area contributed by atoms with Crippen molar-refractivity contribution in [3.05, 3.63) is 77.2 Å². The van der Waals surface area contributed by atoms with E-state index < -0.39 is 17.5 Å². The molecule has 13 heteroatoms. The Balaban J connectivity index is 1.07. The van der Waals surface area contributed by atoms with Gasteiger partial charge in [-0.15, -0.1) is 11.3 Å². The summed E-state index contributed by atoms with van der Waals surface area (Å²) in [4.78, 5) is 30.5. The largest absolute Gasteiger partial charge is 0.497 e. The van der Waals surface area contributed by atoms with Crippen molar-refractivity contribution in [3.63, 3.8) is 0 Å². The van der Waals surface area contributed by atoms with Crippen LogP contribution in [0.15, 0.2) is 60.9 Å². The second-order valence-electron chi connectivity index (χ2n) is 11.8. The number of aliphatic hydroxyl groups is 1. The third-order valence-corrected chi connectivity index (χ3v) is 9.88. The van der Waals surface area contributed by atoms with Crippen molar-refractivity contribution in [1.82, 2.24) is 19.9 Å². The molecule has 242 valence electrons. The highest BCUT2D eigenvalue weighted by atomic mass is 32.1. The third-order valence-electron chi connectivity index (χ3n) is 8.64. The smallest absolute Gasteiger partial charge is 0.433 e. The molecule has 1 aliphatic heterocycles. The van der Waals surface area contributed by atoms with Gasteiger partial charge in [0.15, 0.2) is 0 Å². The Labute approximate surface area is 269 Å². The van der Waals surface area contributed by atoms with Crippen LogP contribution in [-0.4, -0.2) is 64.2 Å². The van der Waals surface area contributed by atoms with E-state index in [1.54, 1.807) is 25.4 Å². The molecule has 0 spiro atoms. The van der Waals surface area contributed by atoms with Crippen molar-refractivity contribution in [2.24, 2.45) is 5.92 Å². The number of benzene rings is 2. The van der Waals surface area contributed by atoms with Gasteiger partial charge in [0, 0.05) is 61.9 Å². The van der Waals surface area contributed by atoms with Gasteiger partial charge in [-0.3, -0.25) is 4.79 Å². The standard InChI is InChI=1S/C33H35F3N6O3S/c1-21-16-23(18-24(17-21)39-31-37-11-8-28(40-31)33(34,35)36)27-20-38-30(46-27)32(44)9-6-22(7-10-32)29(43)42-14-12-41(13-15-42)25-4-3-5-26(19-25)45-2/h3-5,8,11,16-20,22,44H,6-7,9-10,12-15H2,1-2H3,(H,37,39,40). The molecule has 46 heavy (non-hydrogen) atoms. The topological polar surface area (TPSA) is 104 Å². The van der Waals surface area contributed by atoms with Crippen LogP contribution in [0.4, 0.5) is 30.5 Å². The summed E-state index contributed by atoms with van der Waals surface area (Å²) >= 11 is 1.38. The van der Waals surface area contributed by atoms with Gasteiger partial charge in [0.2, 0.25) is 11.9 Å². The van der Waals surface area contributed by atoms with E-state index in [9.17, 15) is 23.1 Å². The highest BCUT2D eigenvalue weighted by molar-refractivity contribution is 7.15. The number of halogens is 3. The lowest BCUT2D eigenvalue weighted by Crippen LogP contribution is -2.51. The molecule has 0 bridgehead atoms. The van der Waals surface area contributed by atoms with Gasteiger partial charge in [0.25, 0.3) is 0 Å². The minimum Gasteiger partial charge on any atom is -0.497 e. The molecule has 0 atom stereocenters. The summed E-state index contributed by atoms with van der Waals surface area (Å²) in [5, 5.41) is 15.1. The van der Waals surface area contributed by atoms with E-state index in [0.717, 1.165) is 52.8 Å². The van der Waals surface area contributed by atoms with E-state index in [4.69, 9.17) is 4.74 Å². The quantitative estimate of drug-likeness (QED) is 0.236. The van der Waals surface area contributed by atoms with Crippen molar-refractivity contribution in [1.29, 1.82) is 0 Å². The number of nitrogens with zero attached hydrogens (tertiary/aromatic N) is 5. The molecule has 0 radical (unpaired) electrons. The van der Waals surface area contributed by atoms with E-state index >= 15 is 0 Å². The van der Waals surface area contributed by atoms with E-state index in [1.807, 2.05) is 36.1 Å². The minimum atomic E-state index is -4.57. The lowest BCUT2D eigenvalue weighted by atomic mass is 9.78. The monoisotopic (exact) mass is 652 g/mol. The van der Waals surface area contributed by atoms with Gasteiger partial charge in [0.05, 0.1) is 12.0 Å². The van der Waals surface area contributed by atoms with Crippen LogP contribution in [0, 0.1) is 12.8 Å². The van der Waals surface area contributed by atoms with Crippen LogP contribution >= 0.6 is 11.3 Å². The normalized spacial score (nSPS) is 20.4. The zero-order chi connectivity index (χ0) is 32.5. The number of aryl methyl sites for hydroxylation is 1. The first-order chi connectivity index (χ1) is 22.0. The first kappa shape index (κ1) is 31.7. The van der Waals surface area contributed by atoms with Gasteiger partial charge in [-0.25, -0.2) is 15.0 Å². The number of rotatable bonds is 7. The maximum Gasteiger partial charge on any atom is 0.433 e. The number of carbonyl (C=O) groups excluding carboxylic acids is 1. The van der Waals surface area contributed by atoms with Gasteiger partial charge in [-0.2, -0.15) is 13.2 Å². The van der Waals surface area contributed by atoms with E-state index in [2.05, 4.69) is 31.2 Å². The van der Waals surface area contributed by atoms with Crippen LogP contribution < -0.4 is 15.0 Å². The summed E-state index contributed by atoms with van der Waals surface area (Å²) in [5.41, 5.74) is 1.15. The van der Waals surface area contributed by atoms with Crippen molar-refractivity contribution in [2.75, 3.05) is 43.5 Å². The number of anilines is 3. The van der Waals surface area contributed by atoms with Crippen LogP contribution in [0.5, 0.6) is 5.75 Å². The number of methoxy groups -OCH3 is 1. The molecular weight excluding hydrogens is 617 g/mol. The molecule has 2 aliphatic rings. The number of nitrogens with one attached hydrogen (secondary N) is 1. The Morgan fingerprint density at radius 1 is 1.07 bits per heavy atom. The summed E-state index contributed by atoms with van der Waals surface area (Å²) in [6.45, 7) is 4.69. The van der Waals surface area contributed by atoms with Crippen LogP contribution in [0.1, 0.15) is 41.9 Å². The highest BCUT2D eigenvalue weighted by Gasteiger charge is 2.41. The minimum absolute atomic E-state index is 0.133. The van der Waals surface area contributed by atoms with Gasteiger partial charge in [0.1, 0.15) is 22.1 Å². The molecule has 9 nitrogen and oxygen atoms in total. The van der Waals surface area contributed by atoms with Crippen LogP contribution in [0.25, 0.3) is 10.4 Å².